The molecule has 2 heterocycles. The van der Waals surface area contributed by atoms with E-state index in [1.807, 2.05) is 0 Å². The van der Waals surface area contributed by atoms with Gasteiger partial charge in [-0.3, -0.25) is 9.89 Å². The van der Waals surface area contributed by atoms with E-state index in [0.29, 0.717) is 19.4 Å². The molecule has 1 aliphatic carbocycles. The fourth-order valence-electron chi connectivity index (χ4n) is 3.21. The molecule has 2 atom stereocenters. The Hall–Kier alpha value is -0.240. The van der Waals surface area contributed by atoms with Crippen LogP contribution in [0.4, 0.5) is 8.78 Å². The average Bonchev–Trinajstić information content (AvgIpc) is 2.97. The molecule has 0 radical (unpaired) electrons. The second-order valence-electron chi connectivity index (χ2n) is 6.10. The van der Waals surface area contributed by atoms with Crippen molar-refractivity contribution in [1.29, 1.82) is 0 Å². The molecule has 2 unspecified atom stereocenters. The highest BCUT2D eigenvalue weighted by Crippen LogP contribution is 2.40. The molecule has 0 spiro atoms. The van der Waals surface area contributed by atoms with Crippen molar-refractivity contribution in [3.63, 3.8) is 0 Å². The van der Waals surface area contributed by atoms with Crippen molar-refractivity contribution in [2.75, 3.05) is 32.8 Å². The van der Waals surface area contributed by atoms with Crippen LogP contribution in [-0.2, 0) is 4.74 Å². The topological polar surface area (TPSA) is 50.8 Å². The van der Waals surface area contributed by atoms with E-state index in [4.69, 9.17) is 10.5 Å². The Labute approximate surface area is 128 Å². The van der Waals surface area contributed by atoms with Gasteiger partial charge in [0.2, 0.25) is 5.92 Å². The summed E-state index contributed by atoms with van der Waals surface area (Å²) in [5.41, 5.74) is 6.34. The van der Waals surface area contributed by atoms with Crippen molar-refractivity contribution in [2.24, 2.45) is 16.6 Å². The zero-order valence-electron chi connectivity index (χ0n) is 12.1. The number of hydrogen-bond donors (Lipinski definition) is 1. The summed E-state index contributed by atoms with van der Waals surface area (Å²) in [6, 6.07) is 0. The number of ether oxygens (including phenoxy) is 1. The minimum atomic E-state index is -2.47. The highest BCUT2D eigenvalue weighted by atomic mass is 32.2. The Balaban J connectivity index is 1.50. The standard InChI is InChI=1S/C14H23F2N3OS/c15-14(16)3-1-10(2-4-14)13-18-9-11(21-13)12(17)19-5-7-20-8-6-19/h10-12H,1-9,17H2. The fraction of sp³-hybridized carbons (Fsp3) is 0.929. The molecule has 21 heavy (non-hydrogen) atoms. The minimum Gasteiger partial charge on any atom is -0.379 e. The Kier molecular flexibility index (Phi) is 4.83. The molecule has 2 aliphatic heterocycles. The van der Waals surface area contributed by atoms with Gasteiger partial charge in [-0.25, -0.2) is 8.78 Å². The molecule has 2 N–H and O–H groups in total. The lowest BCUT2D eigenvalue weighted by Gasteiger charge is -2.35. The van der Waals surface area contributed by atoms with Gasteiger partial charge in [0, 0.05) is 31.8 Å². The molecule has 4 nitrogen and oxygen atoms in total. The monoisotopic (exact) mass is 319 g/mol. The van der Waals surface area contributed by atoms with Gasteiger partial charge in [0.15, 0.2) is 0 Å². The molecule has 0 amide bonds. The SMILES string of the molecule is NC(C1CN=C(C2CCC(F)(F)CC2)S1)N1CCOCC1. The van der Waals surface area contributed by atoms with Gasteiger partial charge in [-0.15, -0.1) is 11.8 Å². The van der Waals surface area contributed by atoms with Gasteiger partial charge < -0.3 is 10.5 Å². The predicted octanol–water partition coefficient (Wildman–Crippen LogP) is 1.94. The Morgan fingerprint density at radius 2 is 1.95 bits per heavy atom. The van der Waals surface area contributed by atoms with E-state index in [-0.39, 0.29) is 30.2 Å². The second-order valence-corrected chi connectivity index (χ2v) is 7.36. The number of nitrogens with zero attached hydrogens (tertiary/aromatic N) is 2. The lowest BCUT2D eigenvalue weighted by molar-refractivity contribution is -0.0391. The van der Waals surface area contributed by atoms with E-state index < -0.39 is 5.92 Å². The number of alkyl halides is 2. The molecule has 2 fully saturated rings. The summed E-state index contributed by atoms with van der Waals surface area (Å²) in [6.07, 6.45) is 1.08. The number of morpholine rings is 1. The summed E-state index contributed by atoms with van der Waals surface area (Å²) in [5, 5.41) is 1.31. The Morgan fingerprint density at radius 1 is 1.29 bits per heavy atom. The van der Waals surface area contributed by atoms with Crippen LogP contribution in [0.1, 0.15) is 25.7 Å². The third-order valence-corrected chi connectivity index (χ3v) is 6.05. The number of rotatable bonds is 3. The van der Waals surface area contributed by atoms with Crippen LogP contribution in [0.25, 0.3) is 0 Å². The molecule has 1 saturated carbocycles. The zero-order chi connectivity index (χ0) is 14.9. The van der Waals surface area contributed by atoms with Crippen LogP contribution < -0.4 is 5.73 Å². The van der Waals surface area contributed by atoms with Gasteiger partial charge in [-0.2, -0.15) is 0 Å². The minimum absolute atomic E-state index is 0.00255. The number of thioether (sulfide) groups is 1. The molecule has 3 rings (SSSR count). The van der Waals surface area contributed by atoms with Gasteiger partial charge in [-0.05, 0) is 12.8 Å². The van der Waals surface area contributed by atoms with E-state index in [9.17, 15) is 8.78 Å². The van der Waals surface area contributed by atoms with E-state index in [2.05, 4.69) is 9.89 Å². The maximum atomic E-state index is 13.2. The molecular formula is C14H23F2N3OS. The van der Waals surface area contributed by atoms with Crippen molar-refractivity contribution < 1.29 is 13.5 Å². The summed E-state index contributed by atoms with van der Waals surface area (Å²) in [4.78, 5) is 6.85. The molecule has 0 bridgehead atoms. The first-order valence-corrected chi connectivity index (χ1v) is 8.59. The van der Waals surface area contributed by atoms with Crippen LogP contribution in [0.2, 0.25) is 0 Å². The molecule has 120 valence electrons. The molecule has 3 aliphatic rings. The number of hydrogen-bond acceptors (Lipinski definition) is 5. The van der Waals surface area contributed by atoms with Gasteiger partial charge in [0.05, 0.1) is 36.2 Å². The maximum Gasteiger partial charge on any atom is 0.248 e. The average molecular weight is 319 g/mol. The summed E-state index contributed by atoms with van der Waals surface area (Å²) < 4.78 is 31.8. The van der Waals surface area contributed by atoms with Crippen LogP contribution in [-0.4, -0.2) is 60.1 Å². The first kappa shape index (κ1) is 15.6. The zero-order valence-corrected chi connectivity index (χ0v) is 13.0. The van der Waals surface area contributed by atoms with Gasteiger partial charge in [-0.1, -0.05) is 0 Å². The fourth-order valence-corrected chi connectivity index (χ4v) is 4.56. The van der Waals surface area contributed by atoms with Crippen molar-refractivity contribution in [3.8, 4) is 0 Å². The van der Waals surface area contributed by atoms with Crippen molar-refractivity contribution in [2.45, 2.75) is 43.0 Å². The van der Waals surface area contributed by atoms with Crippen LogP contribution in [0, 0.1) is 5.92 Å². The molecule has 1 saturated heterocycles. The van der Waals surface area contributed by atoms with Crippen molar-refractivity contribution in [1.82, 2.24) is 4.90 Å². The van der Waals surface area contributed by atoms with Gasteiger partial charge in [0.1, 0.15) is 0 Å². The molecule has 0 aromatic heterocycles. The number of halogens is 2. The summed E-state index contributed by atoms with van der Waals surface area (Å²) in [7, 11) is 0. The highest BCUT2D eigenvalue weighted by Gasteiger charge is 2.39. The molecule has 0 aromatic carbocycles. The predicted molar refractivity (Wildman–Crippen MR) is 81.0 cm³/mol. The highest BCUT2D eigenvalue weighted by molar-refractivity contribution is 8.14. The largest absolute Gasteiger partial charge is 0.379 e. The summed E-state index contributed by atoms with van der Waals surface area (Å²) in [5.74, 6) is -2.25. The molecular weight excluding hydrogens is 296 g/mol. The van der Waals surface area contributed by atoms with Crippen LogP contribution >= 0.6 is 11.8 Å². The summed E-state index contributed by atoms with van der Waals surface area (Å²) >= 11 is 1.72. The first-order chi connectivity index (χ1) is 10.1. The Bertz CT molecular complexity index is 392. The lowest BCUT2D eigenvalue weighted by atomic mass is 9.87. The first-order valence-electron chi connectivity index (χ1n) is 7.71. The summed E-state index contributed by atoms with van der Waals surface area (Å²) in [6.45, 7) is 3.91. The third kappa shape index (κ3) is 3.75. The second kappa shape index (κ2) is 6.48. The molecule has 0 aromatic rings. The smallest absolute Gasteiger partial charge is 0.248 e. The number of nitrogens with two attached hydrogens (primary N) is 1. The molecule has 7 heteroatoms. The van der Waals surface area contributed by atoms with Crippen molar-refractivity contribution in [3.05, 3.63) is 0 Å². The Morgan fingerprint density at radius 3 is 2.62 bits per heavy atom. The van der Waals surface area contributed by atoms with E-state index in [1.165, 1.54) is 0 Å². The normalized spacial score (nSPS) is 32.9. The van der Waals surface area contributed by atoms with Gasteiger partial charge in [0.25, 0.3) is 0 Å². The third-order valence-electron chi connectivity index (χ3n) is 4.61. The van der Waals surface area contributed by atoms with Crippen molar-refractivity contribution >= 4 is 16.8 Å². The quantitative estimate of drug-likeness (QED) is 0.864. The van der Waals surface area contributed by atoms with E-state index in [1.54, 1.807) is 11.8 Å². The van der Waals surface area contributed by atoms with E-state index >= 15 is 0 Å². The maximum absolute atomic E-state index is 13.2. The van der Waals surface area contributed by atoms with Gasteiger partial charge >= 0.3 is 0 Å². The van der Waals surface area contributed by atoms with Crippen LogP contribution in [0.5, 0.6) is 0 Å². The van der Waals surface area contributed by atoms with Crippen LogP contribution in [0.3, 0.4) is 0 Å². The van der Waals surface area contributed by atoms with Crippen LogP contribution in [0.15, 0.2) is 4.99 Å². The number of aliphatic imine (C=N–C) groups is 1. The lowest BCUT2D eigenvalue weighted by Crippen LogP contribution is -2.53. The van der Waals surface area contributed by atoms with E-state index in [0.717, 1.165) is 31.3 Å².